The van der Waals surface area contributed by atoms with E-state index in [4.69, 9.17) is 4.74 Å². The molecule has 2 aromatic rings. The maximum absolute atomic E-state index is 11.8. The minimum absolute atomic E-state index is 0.0530. The second-order valence-corrected chi connectivity index (χ2v) is 5.11. The van der Waals surface area contributed by atoms with Crippen molar-refractivity contribution in [3.05, 3.63) is 47.5 Å². The molecule has 0 radical (unpaired) electrons. The fourth-order valence-corrected chi connectivity index (χ4v) is 1.96. The number of rotatable bonds is 6. The maximum atomic E-state index is 11.8. The van der Waals surface area contributed by atoms with E-state index >= 15 is 0 Å². The lowest BCUT2D eigenvalue weighted by molar-refractivity contribution is -0.122. The molecule has 1 aromatic carbocycles. The molecule has 0 aliphatic heterocycles. The van der Waals surface area contributed by atoms with Gasteiger partial charge < -0.3 is 15.0 Å². The number of H-pyrrole nitrogens is 1. The number of aromatic amines is 1. The zero-order valence-corrected chi connectivity index (χ0v) is 12.6. The van der Waals surface area contributed by atoms with E-state index in [1.165, 1.54) is 11.1 Å². The minimum Gasteiger partial charge on any atom is -0.493 e. The number of carbonyl (C=O) groups is 1. The van der Waals surface area contributed by atoms with Crippen molar-refractivity contribution in [1.29, 1.82) is 0 Å². The predicted molar refractivity (Wildman–Crippen MR) is 81.2 cm³/mol. The van der Waals surface area contributed by atoms with Crippen LogP contribution in [0.15, 0.2) is 30.6 Å². The molecule has 0 bridgehead atoms. The highest BCUT2D eigenvalue weighted by Crippen LogP contribution is 2.16. The smallest absolute Gasteiger partial charge is 0.224 e. The molecular formula is C16H21N3O2. The van der Waals surface area contributed by atoms with Crippen LogP contribution in [0.3, 0.4) is 0 Å². The van der Waals surface area contributed by atoms with Crippen LogP contribution in [0.4, 0.5) is 0 Å². The van der Waals surface area contributed by atoms with Crippen LogP contribution in [-0.2, 0) is 4.79 Å². The molecule has 1 atom stereocenters. The number of hydrogen-bond donors (Lipinski definition) is 2. The van der Waals surface area contributed by atoms with Gasteiger partial charge in [0.2, 0.25) is 5.91 Å². The lowest BCUT2D eigenvalue weighted by Crippen LogP contribution is -2.28. The van der Waals surface area contributed by atoms with Crippen LogP contribution in [0.5, 0.6) is 5.75 Å². The highest BCUT2D eigenvalue weighted by Gasteiger charge is 2.11. The summed E-state index contributed by atoms with van der Waals surface area (Å²) in [6, 6.07) is 5.79. The van der Waals surface area contributed by atoms with Crippen molar-refractivity contribution in [2.24, 2.45) is 0 Å². The van der Waals surface area contributed by atoms with Crippen molar-refractivity contribution in [2.75, 3.05) is 6.61 Å². The number of aromatic nitrogens is 2. The molecular weight excluding hydrogens is 266 g/mol. The van der Waals surface area contributed by atoms with Gasteiger partial charge in [-0.05, 0) is 44.0 Å². The summed E-state index contributed by atoms with van der Waals surface area (Å²) in [5.74, 6) is 1.49. The van der Waals surface area contributed by atoms with E-state index in [1.54, 1.807) is 12.4 Å². The quantitative estimate of drug-likeness (QED) is 0.858. The lowest BCUT2D eigenvalue weighted by Gasteiger charge is -2.12. The summed E-state index contributed by atoms with van der Waals surface area (Å²) in [5.41, 5.74) is 2.41. The Morgan fingerprint density at radius 3 is 2.86 bits per heavy atom. The Kier molecular flexibility index (Phi) is 4.98. The van der Waals surface area contributed by atoms with Gasteiger partial charge >= 0.3 is 0 Å². The van der Waals surface area contributed by atoms with Crippen LogP contribution in [0.2, 0.25) is 0 Å². The zero-order chi connectivity index (χ0) is 15.2. The summed E-state index contributed by atoms with van der Waals surface area (Å²) >= 11 is 0. The van der Waals surface area contributed by atoms with E-state index < -0.39 is 0 Å². The Balaban J connectivity index is 1.75. The fraction of sp³-hybridized carbons (Fsp3) is 0.375. The molecule has 112 valence electrons. The predicted octanol–water partition coefficient (Wildman–Crippen LogP) is 2.67. The van der Waals surface area contributed by atoms with Crippen molar-refractivity contribution >= 4 is 5.91 Å². The largest absolute Gasteiger partial charge is 0.493 e. The molecule has 0 fully saturated rings. The van der Waals surface area contributed by atoms with Crippen LogP contribution in [0.1, 0.15) is 36.3 Å². The molecule has 5 nitrogen and oxygen atoms in total. The molecule has 0 saturated heterocycles. The van der Waals surface area contributed by atoms with Gasteiger partial charge in [0.15, 0.2) is 0 Å². The van der Waals surface area contributed by atoms with Gasteiger partial charge in [-0.25, -0.2) is 4.98 Å². The molecule has 0 aliphatic carbocycles. The number of imidazole rings is 1. The molecule has 2 rings (SSSR count). The number of ether oxygens (including phenoxy) is 1. The van der Waals surface area contributed by atoms with Crippen LogP contribution in [-0.4, -0.2) is 22.5 Å². The van der Waals surface area contributed by atoms with E-state index in [9.17, 15) is 4.79 Å². The van der Waals surface area contributed by atoms with Gasteiger partial charge in [0, 0.05) is 12.4 Å². The molecule has 0 saturated carbocycles. The Bertz CT molecular complexity index is 594. The van der Waals surface area contributed by atoms with E-state index in [1.807, 2.05) is 32.0 Å². The molecule has 1 aromatic heterocycles. The van der Waals surface area contributed by atoms with E-state index in [0.717, 1.165) is 11.6 Å². The first-order valence-corrected chi connectivity index (χ1v) is 7.05. The maximum Gasteiger partial charge on any atom is 0.224 e. The normalized spacial score (nSPS) is 12.0. The van der Waals surface area contributed by atoms with Gasteiger partial charge in [-0.2, -0.15) is 0 Å². The number of nitrogens with zero attached hydrogens (tertiary/aromatic N) is 1. The van der Waals surface area contributed by atoms with Crippen molar-refractivity contribution in [3.8, 4) is 5.75 Å². The third kappa shape index (κ3) is 4.34. The van der Waals surface area contributed by atoms with Gasteiger partial charge in [-0.15, -0.1) is 0 Å². The van der Waals surface area contributed by atoms with Crippen molar-refractivity contribution in [1.82, 2.24) is 15.3 Å². The highest BCUT2D eigenvalue weighted by molar-refractivity contribution is 5.76. The topological polar surface area (TPSA) is 67.0 Å². The minimum atomic E-state index is -0.130. The van der Waals surface area contributed by atoms with Crippen LogP contribution in [0.25, 0.3) is 0 Å². The zero-order valence-electron chi connectivity index (χ0n) is 12.6. The summed E-state index contributed by atoms with van der Waals surface area (Å²) in [7, 11) is 0. The molecule has 1 unspecified atom stereocenters. The van der Waals surface area contributed by atoms with E-state index in [0.29, 0.717) is 13.0 Å². The van der Waals surface area contributed by atoms with E-state index in [2.05, 4.69) is 22.2 Å². The SMILES string of the molecule is Cc1ccc(OCCC(=O)NC(C)c2ncc[nH]2)cc1C. The first kappa shape index (κ1) is 15.1. The third-order valence-corrected chi connectivity index (χ3v) is 3.38. The third-order valence-electron chi connectivity index (χ3n) is 3.38. The molecule has 1 amide bonds. The molecule has 5 heteroatoms. The first-order valence-electron chi connectivity index (χ1n) is 7.05. The van der Waals surface area contributed by atoms with E-state index in [-0.39, 0.29) is 11.9 Å². The summed E-state index contributed by atoms with van der Waals surface area (Å²) < 4.78 is 5.60. The Morgan fingerprint density at radius 1 is 1.38 bits per heavy atom. The van der Waals surface area contributed by atoms with Crippen molar-refractivity contribution in [2.45, 2.75) is 33.2 Å². The number of hydrogen-bond acceptors (Lipinski definition) is 3. The second-order valence-electron chi connectivity index (χ2n) is 5.11. The molecule has 21 heavy (non-hydrogen) atoms. The highest BCUT2D eigenvalue weighted by atomic mass is 16.5. The van der Waals surface area contributed by atoms with Gasteiger partial charge in [-0.1, -0.05) is 6.07 Å². The number of carbonyl (C=O) groups excluding carboxylic acids is 1. The number of amides is 1. The standard InChI is InChI=1S/C16H21N3O2/c1-11-4-5-14(10-12(11)2)21-9-6-15(20)19-13(3)16-17-7-8-18-16/h4-5,7-8,10,13H,6,9H2,1-3H3,(H,17,18)(H,19,20). The average molecular weight is 287 g/mol. The number of aryl methyl sites for hydroxylation is 2. The number of benzene rings is 1. The molecule has 0 spiro atoms. The Morgan fingerprint density at radius 2 is 2.19 bits per heavy atom. The summed E-state index contributed by atoms with van der Waals surface area (Å²) in [4.78, 5) is 18.9. The second kappa shape index (κ2) is 6.92. The first-order chi connectivity index (χ1) is 10.1. The Labute approximate surface area is 124 Å². The van der Waals surface area contributed by atoms with Crippen molar-refractivity contribution in [3.63, 3.8) is 0 Å². The Hall–Kier alpha value is -2.30. The van der Waals surface area contributed by atoms with Gasteiger partial charge in [0.25, 0.3) is 0 Å². The number of nitrogens with one attached hydrogen (secondary N) is 2. The monoisotopic (exact) mass is 287 g/mol. The lowest BCUT2D eigenvalue weighted by atomic mass is 10.1. The van der Waals surface area contributed by atoms with Gasteiger partial charge in [0.1, 0.15) is 11.6 Å². The molecule has 1 heterocycles. The average Bonchev–Trinajstić information content (AvgIpc) is 2.97. The van der Waals surface area contributed by atoms with Gasteiger partial charge in [-0.3, -0.25) is 4.79 Å². The van der Waals surface area contributed by atoms with Gasteiger partial charge in [0.05, 0.1) is 19.1 Å². The summed E-state index contributed by atoms with van der Waals surface area (Å²) in [6.07, 6.45) is 3.72. The fourth-order valence-electron chi connectivity index (χ4n) is 1.96. The molecule has 2 N–H and O–H groups in total. The summed E-state index contributed by atoms with van der Waals surface area (Å²) in [6.45, 7) is 6.35. The van der Waals surface area contributed by atoms with Crippen molar-refractivity contribution < 1.29 is 9.53 Å². The molecule has 0 aliphatic rings. The van der Waals surface area contributed by atoms with Crippen LogP contribution >= 0.6 is 0 Å². The summed E-state index contributed by atoms with van der Waals surface area (Å²) in [5, 5.41) is 2.88. The van der Waals surface area contributed by atoms with Crippen LogP contribution in [0, 0.1) is 13.8 Å². The van der Waals surface area contributed by atoms with Crippen LogP contribution < -0.4 is 10.1 Å².